The lowest BCUT2D eigenvalue weighted by atomic mass is 10.1. The van der Waals surface area contributed by atoms with Gasteiger partial charge in [-0.05, 0) is 26.7 Å². The minimum absolute atomic E-state index is 0.157. The van der Waals surface area contributed by atoms with Crippen molar-refractivity contribution in [2.24, 2.45) is 0 Å². The van der Waals surface area contributed by atoms with Crippen molar-refractivity contribution in [3.05, 3.63) is 0 Å². The van der Waals surface area contributed by atoms with E-state index in [1.165, 1.54) is 0 Å². The smallest absolute Gasteiger partial charge is 0.326 e. The van der Waals surface area contributed by atoms with Gasteiger partial charge < -0.3 is 15.2 Å². The Kier molecular flexibility index (Phi) is 9.28. The monoisotopic (exact) mass is 259 g/mol. The van der Waals surface area contributed by atoms with E-state index in [4.69, 9.17) is 9.84 Å². The van der Waals surface area contributed by atoms with Gasteiger partial charge in [0.1, 0.15) is 6.04 Å². The third-order valence-electron chi connectivity index (χ3n) is 2.48. The van der Waals surface area contributed by atoms with E-state index in [1.807, 2.05) is 20.8 Å². The van der Waals surface area contributed by atoms with Gasteiger partial charge in [-0.2, -0.15) is 0 Å². The van der Waals surface area contributed by atoms with Crippen LogP contribution in [0, 0.1) is 0 Å². The van der Waals surface area contributed by atoms with Gasteiger partial charge in [-0.3, -0.25) is 4.79 Å². The number of carboxylic acid groups (broad SMARTS) is 1. The summed E-state index contributed by atoms with van der Waals surface area (Å²) < 4.78 is 5.31. The maximum Gasteiger partial charge on any atom is 0.326 e. The number of carbonyl (C=O) groups excluding carboxylic acids is 1. The molecule has 0 aliphatic heterocycles. The van der Waals surface area contributed by atoms with Crippen LogP contribution < -0.4 is 5.32 Å². The highest BCUT2D eigenvalue weighted by Crippen LogP contribution is 2.02. The van der Waals surface area contributed by atoms with Gasteiger partial charge in [0, 0.05) is 13.0 Å². The second-order valence-electron chi connectivity index (χ2n) is 4.62. The van der Waals surface area contributed by atoms with Gasteiger partial charge >= 0.3 is 5.97 Å². The first-order valence-corrected chi connectivity index (χ1v) is 6.61. The topological polar surface area (TPSA) is 75.6 Å². The van der Waals surface area contributed by atoms with Crippen LogP contribution in [0.15, 0.2) is 0 Å². The lowest BCUT2D eigenvalue weighted by molar-refractivity contribution is -0.142. The molecule has 0 rings (SSSR count). The van der Waals surface area contributed by atoms with Crippen molar-refractivity contribution in [2.75, 3.05) is 6.61 Å². The van der Waals surface area contributed by atoms with Gasteiger partial charge in [-0.15, -0.1) is 0 Å². The van der Waals surface area contributed by atoms with E-state index in [0.717, 1.165) is 12.8 Å². The first kappa shape index (κ1) is 16.9. The molecule has 2 N–H and O–H groups in total. The zero-order valence-electron chi connectivity index (χ0n) is 11.6. The minimum Gasteiger partial charge on any atom is -0.480 e. The van der Waals surface area contributed by atoms with Crippen LogP contribution in [0.1, 0.15) is 52.9 Å². The standard InChI is InChI=1S/C13H25NO4/c1-4-5-7-11(13(16)17)14-12(15)8-6-9-18-10(2)3/h10-11H,4-9H2,1-3H3,(H,14,15)(H,16,17)/t11-/m0/s1. The second-order valence-corrected chi connectivity index (χ2v) is 4.62. The number of unbranched alkanes of at least 4 members (excludes halogenated alkanes) is 1. The summed E-state index contributed by atoms with van der Waals surface area (Å²) in [5.74, 6) is -1.18. The van der Waals surface area contributed by atoms with Crippen LogP contribution in [0.2, 0.25) is 0 Å². The van der Waals surface area contributed by atoms with Gasteiger partial charge in [0.2, 0.25) is 5.91 Å². The Labute approximate surface area is 109 Å². The largest absolute Gasteiger partial charge is 0.480 e. The Morgan fingerprint density at radius 2 is 1.94 bits per heavy atom. The van der Waals surface area contributed by atoms with Crippen LogP contribution in [0.3, 0.4) is 0 Å². The molecule has 18 heavy (non-hydrogen) atoms. The number of nitrogens with one attached hydrogen (secondary N) is 1. The van der Waals surface area contributed by atoms with E-state index in [1.54, 1.807) is 0 Å². The molecule has 0 saturated carbocycles. The number of rotatable bonds is 10. The molecular formula is C13H25NO4. The van der Waals surface area contributed by atoms with Crippen molar-refractivity contribution in [3.8, 4) is 0 Å². The summed E-state index contributed by atoms with van der Waals surface area (Å²) in [7, 11) is 0. The fourth-order valence-corrected chi connectivity index (χ4v) is 1.48. The third kappa shape index (κ3) is 8.98. The number of amides is 1. The molecule has 5 nitrogen and oxygen atoms in total. The normalized spacial score (nSPS) is 12.4. The van der Waals surface area contributed by atoms with Crippen LogP contribution in [-0.4, -0.2) is 35.7 Å². The molecule has 0 bridgehead atoms. The Bertz CT molecular complexity index is 253. The lowest BCUT2D eigenvalue weighted by Gasteiger charge is -2.14. The summed E-state index contributed by atoms with van der Waals surface area (Å²) >= 11 is 0. The molecule has 1 atom stereocenters. The maximum absolute atomic E-state index is 11.5. The molecule has 0 aromatic heterocycles. The van der Waals surface area contributed by atoms with Gasteiger partial charge in [0.25, 0.3) is 0 Å². The number of hydrogen-bond acceptors (Lipinski definition) is 3. The quantitative estimate of drug-likeness (QED) is 0.588. The minimum atomic E-state index is -0.963. The van der Waals surface area contributed by atoms with E-state index < -0.39 is 12.0 Å². The summed E-state index contributed by atoms with van der Waals surface area (Å²) in [4.78, 5) is 22.5. The molecule has 5 heteroatoms. The zero-order valence-corrected chi connectivity index (χ0v) is 11.6. The van der Waals surface area contributed by atoms with E-state index in [2.05, 4.69) is 5.32 Å². The van der Waals surface area contributed by atoms with Gasteiger partial charge in [-0.1, -0.05) is 19.8 Å². The number of hydrogen-bond donors (Lipinski definition) is 2. The molecule has 0 radical (unpaired) electrons. The van der Waals surface area contributed by atoms with Crippen molar-refractivity contribution in [2.45, 2.75) is 65.0 Å². The second kappa shape index (κ2) is 9.88. The van der Waals surface area contributed by atoms with E-state index in [9.17, 15) is 9.59 Å². The lowest BCUT2D eigenvalue weighted by Crippen LogP contribution is -2.40. The molecule has 0 spiro atoms. The first-order chi connectivity index (χ1) is 8.47. The van der Waals surface area contributed by atoms with Crippen LogP contribution >= 0.6 is 0 Å². The predicted octanol–water partition coefficient (Wildman–Crippen LogP) is 1.95. The van der Waals surface area contributed by atoms with Crippen molar-refractivity contribution in [1.82, 2.24) is 5.32 Å². The van der Waals surface area contributed by atoms with Crippen molar-refractivity contribution in [1.29, 1.82) is 0 Å². The summed E-state index contributed by atoms with van der Waals surface area (Å²) in [6.07, 6.45) is 3.28. The summed E-state index contributed by atoms with van der Waals surface area (Å²) in [5, 5.41) is 11.5. The summed E-state index contributed by atoms with van der Waals surface area (Å²) in [6, 6.07) is -0.761. The maximum atomic E-state index is 11.5. The average Bonchev–Trinajstić information content (AvgIpc) is 2.29. The highest BCUT2D eigenvalue weighted by Gasteiger charge is 2.18. The Morgan fingerprint density at radius 1 is 1.28 bits per heavy atom. The molecule has 0 aliphatic carbocycles. The Morgan fingerprint density at radius 3 is 2.44 bits per heavy atom. The molecule has 0 aliphatic rings. The molecule has 0 aromatic carbocycles. The number of ether oxygens (including phenoxy) is 1. The van der Waals surface area contributed by atoms with Crippen LogP contribution in [-0.2, 0) is 14.3 Å². The molecule has 106 valence electrons. The van der Waals surface area contributed by atoms with Crippen LogP contribution in [0.25, 0.3) is 0 Å². The highest BCUT2D eigenvalue weighted by atomic mass is 16.5. The van der Waals surface area contributed by atoms with E-state index >= 15 is 0 Å². The summed E-state index contributed by atoms with van der Waals surface area (Å²) in [6.45, 7) is 6.39. The molecule has 0 heterocycles. The Hall–Kier alpha value is -1.10. The van der Waals surface area contributed by atoms with Gasteiger partial charge in [-0.25, -0.2) is 4.79 Å². The average molecular weight is 259 g/mol. The van der Waals surface area contributed by atoms with Crippen LogP contribution in [0.5, 0.6) is 0 Å². The van der Waals surface area contributed by atoms with Crippen molar-refractivity contribution >= 4 is 11.9 Å². The number of aliphatic carboxylic acids is 1. The third-order valence-corrected chi connectivity index (χ3v) is 2.48. The van der Waals surface area contributed by atoms with Gasteiger partial charge in [0.15, 0.2) is 0 Å². The zero-order chi connectivity index (χ0) is 14.0. The molecular weight excluding hydrogens is 234 g/mol. The number of carbonyl (C=O) groups is 2. The van der Waals surface area contributed by atoms with Crippen molar-refractivity contribution < 1.29 is 19.4 Å². The summed E-state index contributed by atoms with van der Waals surface area (Å²) in [5.41, 5.74) is 0. The first-order valence-electron chi connectivity index (χ1n) is 6.61. The fraction of sp³-hybridized carbons (Fsp3) is 0.846. The molecule has 0 saturated heterocycles. The molecule has 0 aromatic rings. The molecule has 0 unspecified atom stereocenters. The van der Waals surface area contributed by atoms with Crippen molar-refractivity contribution in [3.63, 3.8) is 0 Å². The van der Waals surface area contributed by atoms with E-state index in [-0.39, 0.29) is 12.0 Å². The van der Waals surface area contributed by atoms with E-state index in [0.29, 0.717) is 25.9 Å². The molecule has 1 amide bonds. The highest BCUT2D eigenvalue weighted by molar-refractivity contribution is 5.83. The SMILES string of the molecule is CCCC[C@H](NC(=O)CCCOC(C)C)C(=O)O. The van der Waals surface area contributed by atoms with Crippen LogP contribution in [0.4, 0.5) is 0 Å². The fourth-order valence-electron chi connectivity index (χ4n) is 1.48. The predicted molar refractivity (Wildman–Crippen MR) is 69.4 cm³/mol. The van der Waals surface area contributed by atoms with Gasteiger partial charge in [0.05, 0.1) is 6.10 Å². The Balaban J connectivity index is 3.84. The number of carboxylic acids is 1. The molecule has 0 fully saturated rings.